The molecule has 5 rings (SSSR count). The molecule has 1 N–H and O–H groups in total. The van der Waals surface area contributed by atoms with E-state index in [4.69, 9.17) is 16.3 Å². The molecule has 3 aromatic heterocycles. The maximum atomic E-state index is 12.4. The first-order valence-electron chi connectivity index (χ1n) is 9.76. The molecule has 1 amide bonds. The van der Waals surface area contributed by atoms with E-state index in [1.165, 1.54) is 11.3 Å². The molecule has 0 saturated carbocycles. The Bertz CT molecular complexity index is 1330. The number of carbonyl (C=O) groups is 1. The summed E-state index contributed by atoms with van der Waals surface area (Å²) in [5.41, 5.74) is 3.37. The molecule has 5 aromatic rings. The standard InChI is InChI=1S/C23H17ClN4O2S2/c24-16-3-7-19(8-4-16)30-13-22-26-18(14-32-22)11-21(29)25-17-5-1-15(2-6-17)20-12-28-9-10-31-23(28)27-20/h1-10,12,14H,11,13H2,(H,25,29). The van der Waals surface area contributed by atoms with Gasteiger partial charge in [-0.1, -0.05) is 23.7 Å². The van der Waals surface area contributed by atoms with Gasteiger partial charge in [0.1, 0.15) is 17.4 Å². The molecule has 2 aromatic carbocycles. The van der Waals surface area contributed by atoms with Crippen LogP contribution in [0, 0.1) is 0 Å². The zero-order chi connectivity index (χ0) is 21.9. The Kier molecular flexibility index (Phi) is 5.89. The Labute approximate surface area is 197 Å². The fourth-order valence-corrected chi connectivity index (χ4v) is 4.66. The number of rotatable bonds is 7. The van der Waals surface area contributed by atoms with Gasteiger partial charge in [-0.3, -0.25) is 9.20 Å². The van der Waals surface area contributed by atoms with Gasteiger partial charge in [0.25, 0.3) is 0 Å². The number of aromatic nitrogens is 3. The highest BCUT2D eigenvalue weighted by Gasteiger charge is 2.10. The number of thiazole rings is 2. The van der Waals surface area contributed by atoms with Gasteiger partial charge in [-0.15, -0.1) is 22.7 Å². The van der Waals surface area contributed by atoms with Crippen LogP contribution in [0.15, 0.2) is 71.7 Å². The smallest absolute Gasteiger partial charge is 0.230 e. The van der Waals surface area contributed by atoms with Crippen LogP contribution in [-0.2, 0) is 17.8 Å². The van der Waals surface area contributed by atoms with Crippen molar-refractivity contribution in [2.45, 2.75) is 13.0 Å². The van der Waals surface area contributed by atoms with E-state index < -0.39 is 0 Å². The topological polar surface area (TPSA) is 68.5 Å². The number of ether oxygens (including phenoxy) is 1. The van der Waals surface area contributed by atoms with Crippen molar-refractivity contribution in [3.63, 3.8) is 0 Å². The number of hydrogen-bond acceptors (Lipinski definition) is 6. The summed E-state index contributed by atoms with van der Waals surface area (Å²) in [6, 6.07) is 14.8. The summed E-state index contributed by atoms with van der Waals surface area (Å²) >= 11 is 8.95. The summed E-state index contributed by atoms with van der Waals surface area (Å²) < 4.78 is 7.70. The normalized spacial score (nSPS) is 11.0. The zero-order valence-corrected chi connectivity index (χ0v) is 19.1. The largest absolute Gasteiger partial charge is 0.486 e. The predicted octanol–water partition coefficient (Wildman–Crippen LogP) is 5.93. The van der Waals surface area contributed by atoms with Gasteiger partial charge in [0.2, 0.25) is 5.91 Å². The van der Waals surface area contributed by atoms with E-state index >= 15 is 0 Å². The van der Waals surface area contributed by atoms with E-state index in [9.17, 15) is 4.79 Å². The van der Waals surface area contributed by atoms with E-state index in [2.05, 4.69) is 15.3 Å². The maximum Gasteiger partial charge on any atom is 0.230 e. The Balaban J connectivity index is 1.15. The summed E-state index contributed by atoms with van der Waals surface area (Å²) in [5, 5.41) is 8.28. The summed E-state index contributed by atoms with van der Waals surface area (Å²) in [4.78, 5) is 22.5. The number of anilines is 1. The van der Waals surface area contributed by atoms with E-state index in [1.807, 2.05) is 64.0 Å². The second-order valence-corrected chi connectivity index (χ2v) is 9.25. The molecule has 0 bridgehead atoms. The van der Waals surface area contributed by atoms with Crippen molar-refractivity contribution < 1.29 is 9.53 Å². The quantitative estimate of drug-likeness (QED) is 0.313. The van der Waals surface area contributed by atoms with Crippen molar-refractivity contribution in [1.82, 2.24) is 14.4 Å². The molecule has 0 aliphatic rings. The third-order valence-electron chi connectivity index (χ3n) is 4.67. The minimum absolute atomic E-state index is 0.115. The molecular weight excluding hydrogens is 464 g/mol. The number of benzene rings is 2. The van der Waals surface area contributed by atoms with E-state index in [0.29, 0.717) is 11.6 Å². The van der Waals surface area contributed by atoms with Crippen molar-refractivity contribution in [2.24, 2.45) is 0 Å². The third kappa shape index (κ3) is 4.83. The molecule has 0 saturated heterocycles. The molecule has 0 fully saturated rings. The van der Waals surface area contributed by atoms with Crippen molar-refractivity contribution in [2.75, 3.05) is 5.32 Å². The Morgan fingerprint density at radius 3 is 2.66 bits per heavy atom. The number of fused-ring (bicyclic) bond motifs is 1. The second-order valence-electron chi connectivity index (χ2n) is 7.00. The van der Waals surface area contributed by atoms with Crippen molar-refractivity contribution in [1.29, 1.82) is 0 Å². The Morgan fingerprint density at radius 2 is 1.88 bits per heavy atom. The van der Waals surface area contributed by atoms with Gasteiger partial charge in [-0.25, -0.2) is 9.97 Å². The van der Waals surface area contributed by atoms with Gasteiger partial charge in [0.05, 0.1) is 17.8 Å². The fraction of sp³-hybridized carbons (Fsp3) is 0.0870. The average molecular weight is 481 g/mol. The summed E-state index contributed by atoms with van der Waals surface area (Å²) in [7, 11) is 0. The first-order valence-corrected chi connectivity index (χ1v) is 11.9. The highest BCUT2D eigenvalue weighted by Crippen LogP contribution is 2.23. The van der Waals surface area contributed by atoms with Crippen LogP contribution in [0.2, 0.25) is 5.02 Å². The maximum absolute atomic E-state index is 12.4. The van der Waals surface area contributed by atoms with Gasteiger partial charge >= 0.3 is 0 Å². The lowest BCUT2D eigenvalue weighted by Crippen LogP contribution is -2.14. The first-order chi connectivity index (χ1) is 15.6. The first kappa shape index (κ1) is 20.7. The van der Waals surface area contributed by atoms with Crippen LogP contribution in [0.4, 0.5) is 5.69 Å². The molecule has 0 unspecified atom stereocenters. The highest BCUT2D eigenvalue weighted by atomic mass is 35.5. The number of hydrogen-bond donors (Lipinski definition) is 1. The Morgan fingerprint density at radius 1 is 1.06 bits per heavy atom. The number of imidazole rings is 1. The molecule has 32 heavy (non-hydrogen) atoms. The number of halogens is 1. The van der Waals surface area contributed by atoms with Crippen LogP contribution in [-0.4, -0.2) is 20.3 Å². The molecule has 3 heterocycles. The molecule has 160 valence electrons. The summed E-state index contributed by atoms with van der Waals surface area (Å²) in [6.45, 7) is 0.348. The van der Waals surface area contributed by atoms with Gasteiger partial charge in [-0.2, -0.15) is 0 Å². The van der Waals surface area contributed by atoms with Gasteiger partial charge in [0.15, 0.2) is 4.96 Å². The van der Waals surface area contributed by atoms with Crippen LogP contribution in [0.5, 0.6) is 5.75 Å². The monoisotopic (exact) mass is 480 g/mol. The van der Waals surface area contributed by atoms with Crippen molar-refractivity contribution in [3.8, 4) is 17.0 Å². The summed E-state index contributed by atoms with van der Waals surface area (Å²) in [6.07, 6.45) is 4.19. The fourth-order valence-electron chi connectivity index (χ4n) is 3.13. The number of amides is 1. The van der Waals surface area contributed by atoms with Crippen LogP contribution in [0.3, 0.4) is 0 Å². The van der Waals surface area contributed by atoms with Gasteiger partial charge < -0.3 is 10.1 Å². The summed E-state index contributed by atoms with van der Waals surface area (Å²) in [5.74, 6) is 0.610. The lowest BCUT2D eigenvalue weighted by atomic mass is 10.1. The van der Waals surface area contributed by atoms with Crippen LogP contribution >= 0.6 is 34.3 Å². The van der Waals surface area contributed by atoms with E-state index in [0.717, 1.165) is 38.4 Å². The third-order valence-corrected chi connectivity index (χ3v) is 6.57. The minimum Gasteiger partial charge on any atom is -0.486 e. The second kappa shape index (κ2) is 9.12. The van der Waals surface area contributed by atoms with Crippen LogP contribution in [0.25, 0.3) is 16.2 Å². The molecular formula is C23H17ClN4O2S2. The van der Waals surface area contributed by atoms with Gasteiger partial charge in [-0.05, 0) is 36.4 Å². The molecule has 0 atom stereocenters. The van der Waals surface area contributed by atoms with Crippen molar-refractivity contribution in [3.05, 3.63) is 87.4 Å². The predicted molar refractivity (Wildman–Crippen MR) is 129 cm³/mol. The van der Waals surface area contributed by atoms with E-state index in [-0.39, 0.29) is 12.3 Å². The van der Waals surface area contributed by atoms with Crippen LogP contribution < -0.4 is 10.1 Å². The van der Waals surface area contributed by atoms with Crippen LogP contribution in [0.1, 0.15) is 10.7 Å². The highest BCUT2D eigenvalue weighted by molar-refractivity contribution is 7.15. The lowest BCUT2D eigenvalue weighted by Gasteiger charge is -2.05. The minimum atomic E-state index is -0.115. The van der Waals surface area contributed by atoms with Crippen molar-refractivity contribution >= 4 is 50.8 Å². The Hall–Kier alpha value is -3.20. The van der Waals surface area contributed by atoms with Gasteiger partial charge in [0, 0.05) is 39.4 Å². The SMILES string of the molecule is O=C(Cc1csc(COc2ccc(Cl)cc2)n1)Nc1ccc(-c2cn3ccsc3n2)cc1. The lowest BCUT2D eigenvalue weighted by molar-refractivity contribution is -0.115. The molecule has 0 radical (unpaired) electrons. The molecule has 0 aliphatic heterocycles. The molecule has 0 aliphatic carbocycles. The molecule has 6 nitrogen and oxygen atoms in total. The number of nitrogens with one attached hydrogen (secondary N) is 1. The molecule has 0 spiro atoms. The number of nitrogens with zero attached hydrogens (tertiary/aromatic N) is 3. The molecule has 9 heteroatoms. The van der Waals surface area contributed by atoms with E-state index in [1.54, 1.807) is 23.5 Å². The zero-order valence-electron chi connectivity index (χ0n) is 16.7. The average Bonchev–Trinajstić information content (AvgIpc) is 3.50. The number of carbonyl (C=O) groups excluding carboxylic acids is 1.